The molecule has 0 aliphatic carbocycles. The second-order valence-electron chi connectivity index (χ2n) is 6.25. The molecule has 0 radical (unpaired) electrons. The Morgan fingerprint density at radius 2 is 1.95 bits per heavy atom. The van der Waals surface area contributed by atoms with E-state index in [1.807, 2.05) is 29.2 Å². The molecule has 21 heavy (non-hydrogen) atoms. The zero-order valence-electron chi connectivity index (χ0n) is 13.2. The highest BCUT2D eigenvalue weighted by Gasteiger charge is 2.25. The minimum Gasteiger partial charge on any atom is -0.339 e. The summed E-state index contributed by atoms with van der Waals surface area (Å²) in [6.45, 7) is 7.33. The first-order valence-corrected chi connectivity index (χ1v) is 8.52. The Balaban J connectivity index is 1.89. The maximum absolute atomic E-state index is 12.5. The van der Waals surface area contributed by atoms with Gasteiger partial charge in [-0.15, -0.1) is 0 Å². The molecule has 2 rings (SSSR count). The molecule has 0 saturated carbocycles. The average molecular weight is 353 g/mol. The van der Waals surface area contributed by atoms with Gasteiger partial charge < -0.3 is 9.80 Å². The molecule has 1 aliphatic heterocycles. The van der Waals surface area contributed by atoms with Gasteiger partial charge in [0.2, 0.25) is 0 Å². The minimum atomic E-state index is 0.151. The first-order valence-electron chi connectivity index (χ1n) is 7.73. The zero-order valence-corrected chi connectivity index (χ0v) is 14.8. The Kier molecular flexibility index (Phi) is 5.82. The van der Waals surface area contributed by atoms with Gasteiger partial charge in [0.05, 0.1) is 5.56 Å². The van der Waals surface area contributed by atoms with Crippen molar-refractivity contribution in [2.75, 3.05) is 26.7 Å². The van der Waals surface area contributed by atoms with Crippen LogP contribution in [0.1, 0.15) is 37.0 Å². The Bertz CT molecular complexity index is 481. The third-order valence-corrected chi connectivity index (χ3v) is 5.13. The van der Waals surface area contributed by atoms with Gasteiger partial charge >= 0.3 is 0 Å². The number of nitrogens with zero attached hydrogens (tertiary/aromatic N) is 2. The standard InChI is InChI=1S/C17H25BrN2O/c1-13(2)19(3)12-14-8-10-20(11-9-14)17(21)15-6-4-5-7-16(15)18/h4-7,13-14H,8-12H2,1-3H3. The van der Waals surface area contributed by atoms with Crippen LogP contribution in [0.3, 0.4) is 0 Å². The Hall–Kier alpha value is -0.870. The molecule has 1 amide bonds. The first kappa shape index (κ1) is 16.5. The maximum atomic E-state index is 12.5. The van der Waals surface area contributed by atoms with Crippen LogP contribution in [0.2, 0.25) is 0 Å². The maximum Gasteiger partial charge on any atom is 0.254 e. The van der Waals surface area contributed by atoms with Crippen molar-refractivity contribution in [3.63, 3.8) is 0 Å². The normalized spacial score (nSPS) is 16.8. The average Bonchev–Trinajstić information content (AvgIpc) is 2.47. The molecule has 0 aromatic heterocycles. The molecule has 0 atom stereocenters. The van der Waals surface area contributed by atoms with E-state index in [2.05, 4.69) is 41.7 Å². The van der Waals surface area contributed by atoms with Crippen molar-refractivity contribution < 1.29 is 4.79 Å². The molecule has 1 heterocycles. The van der Waals surface area contributed by atoms with Gasteiger partial charge in [0.15, 0.2) is 0 Å². The van der Waals surface area contributed by atoms with Gasteiger partial charge in [-0.2, -0.15) is 0 Å². The lowest BCUT2D eigenvalue weighted by atomic mass is 9.95. The summed E-state index contributed by atoms with van der Waals surface area (Å²) in [6.07, 6.45) is 2.21. The zero-order chi connectivity index (χ0) is 15.4. The number of carbonyl (C=O) groups excluding carboxylic acids is 1. The van der Waals surface area contributed by atoms with E-state index in [1.165, 1.54) is 0 Å². The molecule has 1 saturated heterocycles. The molecule has 1 fully saturated rings. The molecule has 0 spiro atoms. The smallest absolute Gasteiger partial charge is 0.254 e. The summed E-state index contributed by atoms with van der Waals surface area (Å²) in [5.74, 6) is 0.860. The number of benzene rings is 1. The van der Waals surface area contributed by atoms with Crippen LogP contribution in [0.15, 0.2) is 28.7 Å². The molecule has 1 aromatic rings. The van der Waals surface area contributed by atoms with Crippen molar-refractivity contribution in [3.05, 3.63) is 34.3 Å². The van der Waals surface area contributed by atoms with Crippen molar-refractivity contribution in [2.45, 2.75) is 32.7 Å². The van der Waals surface area contributed by atoms with E-state index in [9.17, 15) is 4.79 Å². The third-order valence-electron chi connectivity index (χ3n) is 4.43. The molecule has 4 heteroatoms. The van der Waals surface area contributed by atoms with E-state index in [0.717, 1.165) is 42.5 Å². The lowest BCUT2D eigenvalue weighted by Gasteiger charge is -2.35. The van der Waals surface area contributed by atoms with E-state index in [-0.39, 0.29) is 5.91 Å². The summed E-state index contributed by atoms with van der Waals surface area (Å²) in [5, 5.41) is 0. The fourth-order valence-corrected chi connectivity index (χ4v) is 3.20. The molecule has 0 N–H and O–H groups in total. The largest absolute Gasteiger partial charge is 0.339 e. The summed E-state index contributed by atoms with van der Waals surface area (Å²) in [5.41, 5.74) is 0.773. The quantitative estimate of drug-likeness (QED) is 0.825. The molecular weight excluding hydrogens is 328 g/mol. The van der Waals surface area contributed by atoms with Gasteiger partial charge in [0, 0.05) is 30.1 Å². The van der Waals surface area contributed by atoms with Crippen LogP contribution in [0.4, 0.5) is 0 Å². The van der Waals surface area contributed by atoms with E-state index in [4.69, 9.17) is 0 Å². The van der Waals surface area contributed by atoms with Gasteiger partial charge in [-0.1, -0.05) is 12.1 Å². The number of amides is 1. The molecule has 116 valence electrons. The third kappa shape index (κ3) is 4.30. The summed E-state index contributed by atoms with van der Waals surface area (Å²) in [7, 11) is 2.18. The van der Waals surface area contributed by atoms with Gasteiger partial charge in [0.25, 0.3) is 5.91 Å². The predicted molar refractivity (Wildman–Crippen MR) is 90.5 cm³/mol. The Morgan fingerprint density at radius 3 is 2.52 bits per heavy atom. The lowest BCUT2D eigenvalue weighted by molar-refractivity contribution is 0.0665. The summed E-state index contributed by atoms with van der Waals surface area (Å²) < 4.78 is 0.886. The number of hydrogen-bond donors (Lipinski definition) is 0. The van der Waals surface area contributed by atoms with Crippen molar-refractivity contribution in [1.82, 2.24) is 9.80 Å². The number of hydrogen-bond acceptors (Lipinski definition) is 2. The van der Waals surface area contributed by atoms with Crippen LogP contribution in [-0.4, -0.2) is 48.4 Å². The van der Waals surface area contributed by atoms with Crippen molar-refractivity contribution >= 4 is 21.8 Å². The van der Waals surface area contributed by atoms with Crippen LogP contribution in [-0.2, 0) is 0 Å². The fourth-order valence-electron chi connectivity index (χ4n) is 2.74. The first-order chi connectivity index (χ1) is 9.99. The number of rotatable bonds is 4. The Labute approximate surface area is 136 Å². The fraction of sp³-hybridized carbons (Fsp3) is 0.588. The summed E-state index contributed by atoms with van der Waals surface area (Å²) in [6, 6.07) is 8.27. The Morgan fingerprint density at radius 1 is 1.33 bits per heavy atom. The SMILES string of the molecule is CC(C)N(C)CC1CCN(C(=O)c2ccccc2Br)CC1. The topological polar surface area (TPSA) is 23.6 Å². The van der Waals surface area contributed by atoms with Gasteiger partial charge in [-0.25, -0.2) is 0 Å². The summed E-state index contributed by atoms with van der Waals surface area (Å²) >= 11 is 3.47. The molecule has 3 nitrogen and oxygen atoms in total. The number of piperidine rings is 1. The molecular formula is C17H25BrN2O. The monoisotopic (exact) mass is 352 g/mol. The van der Waals surface area contributed by atoms with Crippen LogP contribution in [0.5, 0.6) is 0 Å². The van der Waals surface area contributed by atoms with Gasteiger partial charge in [-0.05, 0) is 67.7 Å². The van der Waals surface area contributed by atoms with Crippen LogP contribution < -0.4 is 0 Å². The number of halogens is 1. The highest BCUT2D eigenvalue weighted by Crippen LogP contribution is 2.23. The number of carbonyl (C=O) groups is 1. The predicted octanol–water partition coefficient (Wildman–Crippen LogP) is 3.64. The van der Waals surface area contributed by atoms with E-state index >= 15 is 0 Å². The highest BCUT2D eigenvalue weighted by molar-refractivity contribution is 9.10. The molecule has 1 aromatic carbocycles. The van der Waals surface area contributed by atoms with E-state index in [1.54, 1.807) is 0 Å². The molecule has 0 bridgehead atoms. The van der Waals surface area contributed by atoms with Gasteiger partial charge in [-0.3, -0.25) is 4.79 Å². The lowest BCUT2D eigenvalue weighted by Crippen LogP contribution is -2.42. The second kappa shape index (κ2) is 7.41. The minimum absolute atomic E-state index is 0.151. The van der Waals surface area contributed by atoms with Gasteiger partial charge in [0.1, 0.15) is 0 Å². The van der Waals surface area contributed by atoms with Crippen molar-refractivity contribution in [2.24, 2.45) is 5.92 Å². The van der Waals surface area contributed by atoms with Crippen molar-refractivity contribution in [1.29, 1.82) is 0 Å². The van der Waals surface area contributed by atoms with Crippen LogP contribution in [0, 0.1) is 5.92 Å². The molecule has 0 unspecified atom stereocenters. The molecule has 1 aliphatic rings. The highest BCUT2D eigenvalue weighted by atomic mass is 79.9. The van der Waals surface area contributed by atoms with Crippen LogP contribution >= 0.6 is 15.9 Å². The number of likely N-dealkylation sites (tertiary alicyclic amines) is 1. The van der Waals surface area contributed by atoms with Crippen LogP contribution in [0.25, 0.3) is 0 Å². The second-order valence-corrected chi connectivity index (χ2v) is 7.10. The summed E-state index contributed by atoms with van der Waals surface area (Å²) in [4.78, 5) is 16.9. The van der Waals surface area contributed by atoms with E-state index in [0.29, 0.717) is 12.0 Å². The van der Waals surface area contributed by atoms with E-state index < -0.39 is 0 Å². The van der Waals surface area contributed by atoms with Crippen molar-refractivity contribution in [3.8, 4) is 0 Å².